The summed E-state index contributed by atoms with van der Waals surface area (Å²) in [6, 6.07) is 15.7. The lowest BCUT2D eigenvalue weighted by atomic mass is 9.94. The summed E-state index contributed by atoms with van der Waals surface area (Å²) in [6.45, 7) is 0. The maximum absolute atomic E-state index is 13.1. The number of hydrogen-bond acceptors (Lipinski definition) is 1. The number of aryl methyl sites for hydroxylation is 1. The minimum Gasteiger partial charge on any atom is -0.382 e. The van der Waals surface area contributed by atoms with Gasteiger partial charge in [0.2, 0.25) is 0 Å². The molecule has 0 aliphatic carbocycles. The average molecular weight is 241 g/mol. The van der Waals surface area contributed by atoms with Crippen molar-refractivity contribution < 1.29 is 4.39 Å². The van der Waals surface area contributed by atoms with Gasteiger partial charge in [0, 0.05) is 11.7 Å². The molecule has 0 aromatic heterocycles. The van der Waals surface area contributed by atoms with Gasteiger partial charge in [0.05, 0.1) is 0 Å². The van der Waals surface area contributed by atoms with Crippen LogP contribution >= 0.6 is 0 Å². The molecule has 0 radical (unpaired) electrons. The molecule has 0 saturated carbocycles. The number of benzene rings is 2. The molecular formula is C16H16FN. The fourth-order valence-corrected chi connectivity index (χ4v) is 2.60. The van der Waals surface area contributed by atoms with Crippen LogP contribution in [0.2, 0.25) is 0 Å². The molecule has 0 fully saturated rings. The Balaban J connectivity index is 1.73. The Labute approximate surface area is 107 Å². The minimum atomic E-state index is -0.149. The number of halogens is 1. The third-order valence-electron chi connectivity index (χ3n) is 3.51. The van der Waals surface area contributed by atoms with Crippen molar-refractivity contribution in [3.8, 4) is 0 Å². The van der Waals surface area contributed by atoms with Gasteiger partial charge in [-0.05, 0) is 48.6 Å². The van der Waals surface area contributed by atoms with Gasteiger partial charge >= 0.3 is 0 Å². The van der Waals surface area contributed by atoms with E-state index >= 15 is 0 Å². The molecule has 1 heterocycles. The van der Waals surface area contributed by atoms with Crippen molar-refractivity contribution in [2.75, 3.05) is 5.32 Å². The van der Waals surface area contributed by atoms with Crippen LogP contribution in [0.3, 0.4) is 0 Å². The Kier molecular flexibility index (Phi) is 3.01. The first-order chi connectivity index (χ1) is 8.81. The predicted octanol–water partition coefficient (Wildman–Crippen LogP) is 3.80. The smallest absolute Gasteiger partial charge is 0.123 e. The molecule has 92 valence electrons. The van der Waals surface area contributed by atoms with Gasteiger partial charge in [0.1, 0.15) is 5.82 Å². The second-order valence-corrected chi connectivity index (χ2v) is 4.87. The molecule has 0 unspecified atom stereocenters. The molecule has 1 aliphatic heterocycles. The summed E-state index contributed by atoms with van der Waals surface area (Å²) in [7, 11) is 0. The highest BCUT2D eigenvalue weighted by Crippen LogP contribution is 2.25. The van der Waals surface area contributed by atoms with Crippen LogP contribution in [0, 0.1) is 5.82 Å². The summed E-state index contributed by atoms with van der Waals surface area (Å²) in [4.78, 5) is 0. The first-order valence-corrected chi connectivity index (χ1v) is 6.40. The molecule has 1 N–H and O–H groups in total. The Bertz CT molecular complexity index is 550. The van der Waals surface area contributed by atoms with E-state index in [1.165, 1.54) is 17.3 Å². The zero-order chi connectivity index (χ0) is 12.4. The molecule has 0 bridgehead atoms. The number of rotatable bonds is 2. The number of hydrogen-bond donors (Lipinski definition) is 1. The van der Waals surface area contributed by atoms with Crippen LogP contribution < -0.4 is 5.32 Å². The number of fused-ring (bicyclic) bond motifs is 1. The summed E-state index contributed by atoms with van der Waals surface area (Å²) in [6.07, 6.45) is 3.09. The fourth-order valence-electron chi connectivity index (χ4n) is 2.60. The SMILES string of the molecule is Fc1cccc(C[C@H]2CCc3ccccc3N2)c1. The minimum absolute atomic E-state index is 0.149. The first-order valence-electron chi connectivity index (χ1n) is 6.40. The topological polar surface area (TPSA) is 12.0 Å². The lowest BCUT2D eigenvalue weighted by molar-refractivity contribution is 0.609. The molecule has 0 saturated heterocycles. The van der Waals surface area contributed by atoms with E-state index in [0.717, 1.165) is 24.8 Å². The number of para-hydroxylation sites is 1. The van der Waals surface area contributed by atoms with Crippen molar-refractivity contribution in [2.24, 2.45) is 0 Å². The maximum atomic E-state index is 13.1. The van der Waals surface area contributed by atoms with Gasteiger partial charge in [0.25, 0.3) is 0 Å². The van der Waals surface area contributed by atoms with Crippen molar-refractivity contribution in [1.82, 2.24) is 0 Å². The molecule has 2 aromatic carbocycles. The molecule has 1 nitrogen and oxygen atoms in total. The van der Waals surface area contributed by atoms with E-state index in [2.05, 4.69) is 29.6 Å². The van der Waals surface area contributed by atoms with Gasteiger partial charge in [0.15, 0.2) is 0 Å². The summed E-state index contributed by atoms with van der Waals surface area (Å²) in [5, 5.41) is 3.54. The van der Waals surface area contributed by atoms with Crippen molar-refractivity contribution >= 4 is 5.69 Å². The quantitative estimate of drug-likeness (QED) is 0.843. The van der Waals surface area contributed by atoms with Gasteiger partial charge in [-0.2, -0.15) is 0 Å². The first kappa shape index (κ1) is 11.3. The van der Waals surface area contributed by atoms with E-state index in [-0.39, 0.29) is 5.82 Å². The Morgan fingerprint density at radius 2 is 2.00 bits per heavy atom. The van der Waals surface area contributed by atoms with Crippen LogP contribution in [-0.2, 0) is 12.8 Å². The van der Waals surface area contributed by atoms with E-state index in [9.17, 15) is 4.39 Å². The number of nitrogens with one attached hydrogen (secondary N) is 1. The monoisotopic (exact) mass is 241 g/mol. The van der Waals surface area contributed by atoms with Crippen LogP contribution in [-0.4, -0.2) is 6.04 Å². The second kappa shape index (κ2) is 4.81. The van der Waals surface area contributed by atoms with E-state index in [1.807, 2.05) is 6.07 Å². The van der Waals surface area contributed by atoms with E-state index in [4.69, 9.17) is 0 Å². The van der Waals surface area contributed by atoms with Crippen LogP contribution in [0.1, 0.15) is 17.5 Å². The van der Waals surface area contributed by atoms with Crippen LogP contribution in [0.25, 0.3) is 0 Å². The third kappa shape index (κ3) is 2.37. The highest BCUT2D eigenvalue weighted by atomic mass is 19.1. The Hall–Kier alpha value is -1.83. The van der Waals surface area contributed by atoms with Crippen LogP contribution in [0.4, 0.5) is 10.1 Å². The van der Waals surface area contributed by atoms with E-state index in [1.54, 1.807) is 12.1 Å². The summed E-state index contributed by atoms with van der Waals surface area (Å²) in [5.41, 5.74) is 3.67. The second-order valence-electron chi connectivity index (χ2n) is 4.87. The molecule has 1 atom stereocenters. The normalized spacial score (nSPS) is 17.9. The Morgan fingerprint density at radius 1 is 1.11 bits per heavy atom. The van der Waals surface area contributed by atoms with Crippen molar-refractivity contribution in [1.29, 1.82) is 0 Å². The Morgan fingerprint density at radius 3 is 2.89 bits per heavy atom. The third-order valence-corrected chi connectivity index (χ3v) is 3.51. The molecule has 3 rings (SSSR count). The van der Waals surface area contributed by atoms with Gasteiger partial charge in [-0.25, -0.2) is 4.39 Å². The standard InChI is InChI=1S/C16H16FN/c17-14-6-3-4-12(10-14)11-15-9-8-13-5-1-2-7-16(13)18-15/h1-7,10,15,18H,8-9,11H2/t15-/m1/s1. The van der Waals surface area contributed by atoms with E-state index < -0.39 is 0 Å². The predicted molar refractivity (Wildman–Crippen MR) is 72.3 cm³/mol. The molecule has 1 aliphatic rings. The summed E-state index contributed by atoms with van der Waals surface area (Å²) in [5.74, 6) is -0.149. The van der Waals surface area contributed by atoms with Crippen molar-refractivity contribution in [3.05, 3.63) is 65.5 Å². The van der Waals surface area contributed by atoms with Crippen molar-refractivity contribution in [2.45, 2.75) is 25.3 Å². The highest BCUT2D eigenvalue weighted by Gasteiger charge is 2.17. The maximum Gasteiger partial charge on any atom is 0.123 e. The van der Waals surface area contributed by atoms with Gasteiger partial charge in [-0.1, -0.05) is 30.3 Å². The summed E-state index contributed by atoms with van der Waals surface area (Å²) < 4.78 is 13.1. The van der Waals surface area contributed by atoms with Crippen LogP contribution in [0.15, 0.2) is 48.5 Å². The average Bonchev–Trinajstić information content (AvgIpc) is 2.39. The van der Waals surface area contributed by atoms with Gasteiger partial charge < -0.3 is 5.32 Å². The lowest BCUT2D eigenvalue weighted by Gasteiger charge is -2.27. The molecule has 18 heavy (non-hydrogen) atoms. The number of anilines is 1. The van der Waals surface area contributed by atoms with Gasteiger partial charge in [-0.3, -0.25) is 0 Å². The molecule has 0 spiro atoms. The van der Waals surface area contributed by atoms with Gasteiger partial charge in [-0.15, -0.1) is 0 Å². The van der Waals surface area contributed by atoms with Crippen LogP contribution in [0.5, 0.6) is 0 Å². The zero-order valence-electron chi connectivity index (χ0n) is 10.2. The molecule has 2 aromatic rings. The zero-order valence-corrected chi connectivity index (χ0v) is 10.2. The van der Waals surface area contributed by atoms with Crippen molar-refractivity contribution in [3.63, 3.8) is 0 Å². The summed E-state index contributed by atoms with van der Waals surface area (Å²) >= 11 is 0. The fraction of sp³-hybridized carbons (Fsp3) is 0.250. The van der Waals surface area contributed by atoms with E-state index in [0.29, 0.717) is 6.04 Å². The molecular weight excluding hydrogens is 225 g/mol. The highest BCUT2D eigenvalue weighted by molar-refractivity contribution is 5.53. The molecule has 0 amide bonds. The largest absolute Gasteiger partial charge is 0.382 e. The lowest BCUT2D eigenvalue weighted by Crippen LogP contribution is -2.27. The molecule has 2 heteroatoms.